The molecule has 1 saturated carbocycles. The molecule has 0 spiro atoms. The molecular formula is C13H14BrFN2O2S. The van der Waals surface area contributed by atoms with E-state index >= 15 is 0 Å². The molecule has 4 nitrogen and oxygen atoms in total. The molecule has 20 heavy (non-hydrogen) atoms. The molecule has 0 atom stereocenters. The number of nitriles is 1. The van der Waals surface area contributed by atoms with E-state index in [9.17, 15) is 18.1 Å². The van der Waals surface area contributed by atoms with Gasteiger partial charge < -0.3 is 0 Å². The minimum Gasteiger partial charge on any atom is -0.207 e. The largest absolute Gasteiger partial charge is 0.244 e. The number of halogens is 2. The molecule has 0 amide bonds. The highest BCUT2D eigenvalue weighted by Gasteiger charge is 2.37. The SMILES string of the molecule is N#CC1(NS(=O)(=O)c2ccc(Br)cc2F)CCCCC1. The summed E-state index contributed by atoms with van der Waals surface area (Å²) in [4.78, 5) is -0.430. The summed E-state index contributed by atoms with van der Waals surface area (Å²) in [7, 11) is -4.05. The smallest absolute Gasteiger partial charge is 0.207 e. The summed E-state index contributed by atoms with van der Waals surface area (Å²) in [5, 5.41) is 9.29. The Morgan fingerprint density at radius 2 is 1.95 bits per heavy atom. The van der Waals surface area contributed by atoms with Gasteiger partial charge in [0.15, 0.2) is 0 Å². The van der Waals surface area contributed by atoms with Gasteiger partial charge >= 0.3 is 0 Å². The Balaban J connectivity index is 2.33. The van der Waals surface area contributed by atoms with E-state index in [1.165, 1.54) is 12.1 Å². The molecule has 0 radical (unpaired) electrons. The second-order valence-corrected chi connectivity index (χ2v) is 7.50. The van der Waals surface area contributed by atoms with E-state index in [2.05, 4.69) is 26.7 Å². The van der Waals surface area contributed by atoms with Gasteiger partial charge in [-0.15, -0.1) is 0 Å². The van der Waals surface area contributed by atoms with Crippen LogP contribution < -0.4 is 4.72 Å². The highest BCUT2D eigenvalue weighted by molar-refractivity contribution is 9.10. The van der Waals surface area contributed by atoms with Crippen LogP contribution >= 0.6 is 15.9 Å². The molecule has 1 fully saturated rings. The second-order valence-electron chi connectivity index (χ2n) is 4.93. The molecule has 108 valence electrons. The number of sulfonamides is 1. The molecule has 1 aromatic rings. The summed E-state index contributed by atoms with van der Waals surface area (Å²) in [5.74, 6) is -0.837. The van der Waals surface area contributed by atoms with Gasteiger partial charge in [-0.25, -0.2) is 12.8 Å². The second kappa shape index (κ2) is 5.80. The molecular weight excluding hydrogens is 347 g/mol. The molecule has 0 saturated heterocycles. The van der Waals surface area contributed by atoms with E-state index < -0.39 is 26.3 Å². The Morgan fingerprint density at radius 1 is 1.30 bits per heavy atom. The van der Waals surface area contributed by atoms with Crippen molar-refractivity contribution in [3.63, 3.8) is 0 Å². The predicted octanol–water partition coefficient (Wildman–Crippen LogP) is 3.09. The number of rotatable bonds is 3. The van der Waals surface area contributed by atoms with Crippen LogP contribution in [-0.4, -0.2) is 14.0 Å². The van der Waals surface area contributed by atoms with Crippen LogP contribution in [0.15, 0.2) is 27.6 Å². The van der Waals surface area contributed by atoms with Crippen LogP contribution in [0.25, 0.3) is 0 Å². The zero-order chi connectivity index (χ0) is 14.8. The Kier molecular flexibility index (Phi) is 4.47. The molecule has 1 aromatic carbocycles. The molecule has 2 rings (SSSR count). The lowest BCUT2D eigenvalue weighted by atomic mass is 9.84. The first-order chi connectivity index (χ1) is 9.38. The summed E-state index contributed by atoms with van der Waals surface area (Å²) >= 11 is 3.08. The first-order valence-electron chi connectivity index (χ1n) is 6.29. The Labute approximate surface area is 126 Å². The molecule has 1 aliphatic carbocycles. The van der Waals surface area contributed by atoms with Crippen molar-refractivity contribution in [1.82, 2.24) is 4.72 Å². The van der Waals surface area contributed by atoms with Crippen LogP contribution in [0.3, 0.4) is 0 Å². The van der Waals surface area contributed by atoms with Crippen molar-refractivity contribution in [1.29, 1.82) is 5.26 Å². The van der Waals surface area contributed by atoms with Gasteiger partial charge in [0, 0.05) is 4.47 Å². The van der Waals surface area contributed by atoms with Crippen molar-refractivity contribution in [2.45, 2.75) is 42.5 Å². The van der Waals surface area contributed by atoms with E-state index in [1.54, 1.807) is 0 Å². The third-order valence-electron chi connectivity index (χ3n) is 3.43. The first kappa shape index (κ1) is 15.4. The van der Waals surface area contributed by atoms with Gasteiger partial charge in [0.1, 0.15) is 16.3 Å². The van der Waals surface area contributed by atoms with Crippen LogP contribution in [0.1, 0.15) is 32.1 Å². The average Bonchev–Trinajstić information content (AvgIpc) is 2.38. The standard InChI is InChI=1S/C13H14BrFN2O2S/c14-10-4-5-12(11(15)8-10)20(18,19)17-13(9-16)6-2-1-3-7-13/h4-5,8,17H,1-3,6-7H2. The maximum Gasteiger partial charge on any atom is 0.244 e. The lowest BCUT2D eigenvalue weighted by Gasteiger charge is -2.31. The molecule has 7 heteroatoms. The summed E-state index contributed by atoms with van der Waals surface area (Å²) in [5.41, 5.74) is -1.11. The Morgan fingerprint density at radius 3 is 2.50 bits per heavy atom. The van der Waals surface area contributed by atoms with Crippen LogP contribution in [-0.2, 0) is 10.0 Å². The van der Waals surface area contributed by atoms with Crippen molar-refractivity contribution in [3.8, 4) is 6.07 Å². The van der Waals surface area contributed by atoms with E-state index in [0.717, 1.165) is 25.3 Å². The molecule has 0 aliphatic heterocycles. The van der Waals surface area contributed by atoms with Gasteiger partial charge in [-0.2, -0.15) is 9.98 Å². The fourth-order valence-electron chi connectivity index (χ4n) is 2.40. The monoisotopic (exact) mass is 360 g/mol. The summed E-state index contributed by atoms with van der Waals surface area (Å²) < 4.78 is 41.2. The lowest BCUT2D eigenvalue weighted by Crippen LogP contribution is -2.48. The van der Waals surface area contributed by atoms with Gasteiger partial charge in [0.05, 0.1) is 6.07 Å². The number of hydrogen-bond acceptors (Lipinski definition) is 3. The summed E-state index contributed by atoms with van der Waals surface area (Å²) in [6.45, 7) is 0. The average molecular weight is 361 g/mol. The third-order valence-corrected chi connectivity index (χ3v) is 5.50. The maximum absolute atomic E-state index is 13.8. The molecule has 0 unspecified atom stereocenters. The fraction of sp³-hybridized carbons (Fsp3) is 0.462. The zero-order valence-electron chi connectivity index (χ0n) is 10.7. The quantitative estimate of drug-likeness (QED) is 0.900. The van der Waals surface area contributed by atoms with Gasteiger partial charge in [0.2, 0.25) is 10.0 Å². The van der Waals surface area contributed by atoms with Crippen LogP contribution in [0.2, 0.25) is 0 Å². The third kappa shape index (κ3) is 3.19. The number of benzene rings is 1. The van der Waals surface area contributed by atoms with Crippen LogP contribution in [0.4, 0.5) is 4.39 Å². The van der Waals surface area contributed by atoms with E-state index in [-0.39, 0.29) is 0 Å². The summed E-state index contributed by atoms with van der Waals surface area (Å²) in [6, 6.07) is 5.79. The Hall–Kier alpha value is -0.970. The van der Waals surface area contributed by atoms with Crippen molar-refractivity contribution in [2.24, 2.45) is 0 Å². The maximum atomic E-state index is 13.8. The molecule has 1 aliphatic rings. The number of nitrogens with zero attached hydrogens (tertiary/aromatic N) is 1. The van der Waals surface area contributed by atoms with Crippen molar-refractivity contribution >= 4 is 26.0 Å². The molecule has 1 N–H and O–H groups in total. The number of hydrogen-bond donors (Lipinski definition) is 1. The topological polar surface area (TPSA) is 70.0 Å². The van der Waals surface area contributed by atoms with E-state index in [0.29, 0.717) is 17.3 Å². The van der Waals surface area contributed by atoms with Gasteiger partial charge in [0.25, 0.3) is 0 Å². The predicted molar refractivity (Wildman–Crippen MR) is 75.9 cm³/mol. The minimum absolute atomic E-state index is 0.430. The summed E-state index contributed by atoms with van der Waals surface area (Å²) in [6.07, 6.45) is 3.48. The minimum atomic E-state index is -4.05. The van der Waals surface area contributed by atoms with Gasteiger partial charge in [-0.05, 0) is 31.0 Å². The van der Waals surface area contributed by atoms with Crippen molar-refractivity contribution < 1.29 is 12.8 Å². The van der Waals surface area contributed by atoms with Gasteiger partial charge in [-0.1, -0.05) is 35.2 Å². The molecule has 0 heterocycles. The van der Waals surface area contributed by atoms with Crippen molar-refractivity contribution in [3.05, 3.63) is 28.5 Å². The normalized spacial score (nSPS) is 18.4. The van der Waals surface area contributed by atoms with E-state index in [4.69, 9.17) is 0 Å². The highest BCUT2D eigenvalue weighted by Crippen LogP contribution is 2.30. The Bertz CT molecular complexity index is 649. The number of nitrogens with one attached hydrogen (secondary N) is 1. The van der Waals surface area contributed by atoms with E-state index in [1.807, 2.05) is 0 Å². The van der Waals surface area contributed by atoms with Crippen LogP contribution in [0.5, 0.6) is 0 Å². The zero-order valence-corrected chi connectivity index (χ0v) is 13.1. The molecule has 0 bridgehead atoms. The molecule has 0 aromatic heterocycles. The van der Waals surface area contributed by atoms with Crippen LogP contribution in [0, 0.1) is 17.1 Å². The van der Waals surface area contributed by atoms with Gasteiger partial charge in [-0.3, -0.25) is 0 Å². The lowest BCUT2D eigenvalue weighted by molar-refractivity contribution is 0.337. The highest BCUT2D eigenvalue weighted by atomic mass is 79.9. The first-order valence-corrected chi connectivity index (χ1v) is 8.56. The van der Waals surface area contributed by atoms with Crippen molar-refractivity contribution in [2.75, 3.05) is 0 Å². The fourth-order valence-corrected chi connectivity index (χ4v) is 4.17.